The molecule has 3 rings (SSSR count). The van der Waals surface area contributed by atoms with E-state index in [1.165, 1.54) is 32.1 Å². The van der Waals surface area contributed by atoms with E-state index in [-0.39, 0.29) is 30.4 Å². The topological polar surface area (TPSA) is 64.6 Å². The van der Waals surface area contributed by atoms with E-state index < -0.39 is 0 Å². The van der Waals surface area contributed by atoms with Gasteiger partial charge in [-0.3, -0.25) is 4.79 Å². The highest BCUT2D eigenvalue weighted by Crippen LogP contribution is 2.45. The molecule has 0 radical (unpaired) electrons. The molecule has 0 bridgehead atoms. The van der Waals surface area contributed by atoms with Crippen molar-refractivity contribution < 1.29 is 9.90 Å². The minimum absolute atomic E-state index is 0.0358. The molecule has 2 saturated heterocycles. The van der Waals surface area contributed by atoms with E-state index in [4.69, 9.17) is 11.6 Å². The van der Waals surface area contributed by atoms with Gasteiger partial charge in [0.15, 0.2) is 0 Å². The summed E-state index contributed by atoms with van der Waals surface area (Å²) in [6.45, 7) is 14.2. The van der Waals surface area contributed by atoms with Gasteiger partial charge in [-0.1, -0.05) is 27.7 Å². The van der Waals surface area contributed by atoms with Gasteiger partial charge in [-0.25, -0.2) is 0 Å². The van der Waals surface area contributed by atoms with Gasteiger partial charge in [-0.15, -0.1) is 11.6 Å². The van der Waals surface area contributed by atoms with Gasteiger partial charge >= 0.3 is 0 Å². The highest BCUT2D eigenvalue weighted by molar-refractivity contribution is 6.20. The van der Waals surface area contributed by atoms with Crippen LogP contribution in [-0.4, -0.2) is 66.7 Å². The third-order valence-corrected chi connectivity index (χ3v) is 8.76. The zero-order chi connectivity index (χ0) is 22.6. The van der Waals surface area contributed by atoms with Crippen LogP contribution in [-0.2, 0) is 4.79 Å². The maximum absolute atomic E-state index is 13.0. The lowest BCUT2D eigenvalue weighted by Crippen LogP contribution is -2.55. The Bertz CT molecular complexity index is 577. The second kappa shape index (κ2) is 11.2. The highest BCUT2D eigenvalue weighted by Gasteiger charge is 2.41. The first kappa shape index (κ1) is 25.3. The standard InChI is InChI=1S/C25H46ClN3O2/c1-17(2)23(28-24(31)20-11-18(15-30)12-27-13-20)14-29-10-9-22(25(3,4)16-29)19-5-7-21(26)8-6-19/h17-23,27,30H,5-16H2,1-4H3,(H,28,31)/t18?,19?,20?,21?,22?,23-/m0/s1. The molecule has 0 spiro atoms. The van der Waals surface area contributed by atoms with E-state index in [9.17, 15) is 9.90 Å². The van der Waals surface area contributed by atoms with Gasteiger partial charge in [-0.05, 0) is 74.2 Å². The van der Waals surface area contributed by atoms with Crippen molar-refractivity contribution in [1.82, 2.24) is 15.5 Å². The Hall–Kier alpha value is -0.360. The van der Waals surface area contributed by atoms with Gasteiger partial charge in [0.25, 0.3) is 0 Å². The average Bonchev–Trinajstić information content (AvgIpc) is 2.73. The van der Waals surface area contributed by atoms with Crippen molar-refractivity contribution >= 4 is 17.5 Å². The van der Waals surface area contributed by atoms with Crippen molar-refractivity contribution in [2.75, 3.05) is 39.3 Å². The number of nitrogens with zero attached hydrogens (tertiary/aromatic N) is 1. The van der Waals surface area contributed by atoms with Crippen LogP contribution in [0.15, 0.2) is 0 Å². The summed E-state index contributed by atoms with van der Waals surface area (Å²) in [6, 6.07) is 0.168. The molecule has 0 aromatic rings. The monoisotopic (exact) mass is 455 g/mol. The lowest BCUT2D eigenvalue weighted by atomic mass is 9.64. The van der Waals surface area contributed by atoms with Crippen molar-refractivity contribution in [1.29, 1.82) is 0 Å². The summed E-state index contributed by atoms with van der Waals surface area (Å²) >= 11 is 6.36. The molecule has 1 amide bonds. The lowest BCUT2D eigenvalue weighted by molar-refractivity contribution is -0.127. The fourth-order valence-electron chi connectivity index (χ4n) is 6.37. The maximum atomic E-state index is 13.0. The maximum Gasteiger partial charge on any atom is 0.224 e. The van der Waals surface area contributed by atoms with E-state index in [0.717, 1.165) is 51.0 Å². The fourth-order valence-corrected chi connectivity index (χ4v) is 6.62. The number of hydrogen-bond acceptors (Lipinski definition) is 4. The predicted octanol–water partition coefficient (Wildman–Crippen LogP) is 3.49. The van der Waals surface area contributed by atoms with Crippen LogP contribution in [0.1, 0.15) is 66.2 Å². The largest absolute Gasteiger partial charge is 0.396 e. The Morgan fingerprint density at radius 1 is 1.19 bits per heavy atom. The number of piperidine rings is 2. The SMILES string of the molecule is CC(C)[C@H](CN1CCC(C2CCC(Cl)CC2)C(C)(C)C1)NC(=O)C1CNCC(CO)C1. The predicted molar refractivity (Wildman–Crippen MR) is 128 cm³/mol. The molecule has 4 atom stereocenters. The van der Waals surface area contributed by atoms with Crippen LogP contribution in [0.2, 0.25) is 0 Å². The van der Waals surface area contributed by atoms with Crippen LogP contribution >= 0.6 is 11.6 Å². The van der Waals surface area contributed by atoms with Gasteiger partial charge in [0, 0.05) is 44.2 Å². The van der Waals surface area contributed by atoms with Crippen molar-refractivity contribution in [2.24, 2.45) is 35.0 Å². The average molecular weight is 456 g/mol. The smallest absolute Gasteiger partial charge is 0.224 e. The summed E-state index contributed by atoms with van der Waals surface area (Å²) in [4.78, 5) is 15.6. The second-order valence-electron chi connectivity index (χ2n) is 11.6. The van der Waals surface area contributed by atoms with Crippen LogP contribution in [0.3, 0.4) is 0 Å². The minimum atomic E-state index is -0.0358. The Labute approximate surface area is 195 Å². The first-order valence-electron chi connectivity index (χ1n) is 12.7. The van der Waals surface area contributed by atoms with Gasteiger partial charge in [0.05, 0.1) is 5.92 Å². The molecule has 5 nitrogen and oxygen atoms in total. The lowest BCUT2D eigenvalue weighted by Gasteiger charge is -2.49. The van der Waals surface area contributed by atoms with Crippen LogP contribution in [0.5, 0.6) is 0 Å². The summed E-state index contributed by atoms with van der Waals surface area (Å²) in [6.07, 6.45) is 6.97. The third kappa shape index (κ3) is 6.82. The van der Waals surface area contributed by atoms with E-state index in [0.29, 0.717) is 16.7 Å². The molecular formula is C25H46ClN3O2. The molecule has 1 aliphatic carbocycles. The normalized spacial score (nSPS) is 35.6. The Balaban J connectivity index is 1.54. The minimum Gasteiger partial charge on any atom is -0.396 e. The van der Waals surface area contributed by atoms with Gasteiger partial charge in [-0.2, -0.15) is 0 Å². The summed E-state index contributed by atoms with van der Waals surface area (Å²) in [5, 5.41) is 16.5. The molecule has 0 aromatic carbocycles. The van der Waals surface area contributed by atoms with Crippen molar-refractivity contribution in [3.8, 4) is 0 Å². The molecule has 0 aromatic heterocycles. The van der Waals surface area contributed by atoms with Crippen LogP contribution < -0.4 is 10.6 Å². The van der Waals surface area contributed by atoms with Gasteiger partial charge in [0.1, 0.15) is 0 Å². The molecule has 6 heteroatoms. The zero-order valence-corrected chi connectivity index (χ0v) is 21.0. The number of amides is 1. The van der Waals surface area contributed by atoms with Crippen LogP contribution in [0.4, 0.5) is 0 Å². The first-order valence-corrected chi connectivity index (χ1v) is 13.1. The summed E-state index contributed by atoms with van der Waals surface area (Å²) in [7, 11) is 0. The Kier molecular flexibility index (Phi) is 9.11. The number of aliphatic hydroxyl groups excluding tert-OH is 1. The quantitative estimate of drug-likeness (QED) is 0.514. The number of halogens is 1. The summed E-state index contributed by atoms with van der Waals surface area (Å²) in [5.41, 5.74) is 0.301. The molecule has 3 N–H and O–H groups in total. The Morgan fingerprint density at radius 2 is 1.90 bits per heavy atom. The molecule has 1 saturated carbocycles. The molecule has 2 heterocycles. The summed E-state index contributed by atoms with van der Waals surface area (Å²) in [5.74, 6) is 2.31. The van der Waals surface area contributed by atoms with Crippen LogP contribution in [0, 0.1) is 35.0 Å². The van der Waals surface area contributed by atoms with Crippen molar-refractivity contribution in [3.63, 3.8) is 0 Å². The molecule has 180 valence electrons. The highest BCUT2D eigenvalue weighted by atomic mass is 35.5. The number of likely N-dealkylation sites (tertiary alicyclic amines) is 1. The van der Waals surface area contributed by atoms with Crippen molar-refractivity contribution in [2.45, 2.75) is 77.6 Å². The number of hydrogen-bond donors (Lipinski definition) is 3. The fraction of sp³-hybridized carbons (Fsp3) is 0.960. The van der Waals surface area contributed by atoms with E-state index in [1.54, 1.807) is 0 Å². The van der Waals surface area contributed by atoms with E-state index in [2.05, 4.69) is 43.2 Å². The molecule has 3 unspecified atom stereocenters. The summed E-state index contributed by atoms with van der Waals surface area (Å²) < 4.78 is 0. The molecule has 2 aliphatic heterocycles. The molecular weight excluding hydrogens is 410 g/mol. The molecule has 31 heavy (non-hydrogen) atoms. The van der Waals surface area contributed by atoms with E-state index in [1.807, 2.05) is 0 Å². The van der Waals surface area contributed by atoms with E-state index >= 15 is 0 Å². The van der Waals surface area contributed by atoms with Gasteiger partial charge in [0.2, 0.25) is 5.91 Å². The number of aliphatic hydroxyl groups is 1. The second-order valence-corrected chi connectivity index (χ2v) is 12.2. The zero-order valence-electron chi connectivity index (χ0n) is 20.2. The number of rotatable bonds is 7. The number of carbonyl (C=O) groups excluding carboxylic acids is 1. The number of carbonyl (C=O) groups is 1. The molecule has 3 aliphatic rings. The Morgan fingerprint density at radius 3 is 2.52 bits per heavy atom. The molecule has 3 fully saturated rings. The van der Waals surface area contributed by atoms with Gasteiger partial charge < -0.3 is 20.6 Å². The van der Waals surface area contributed by atoms with Crippen LogP contribution in [0.25, 0.3) is 0 Å². The first-order chi connectivity index (χ1) is 14.7. The number of alkyl halides is 1. The number of nitrogens with one attached hydrogen (secondary N) is 2. The third-order valence-electron chi connectivity index (χ3n) is 8.32. The van der Waals surface area contributed by atoms with Crippen molar-refractivity contribution in [3.05, 3.63) is 0 Å².